The van der Waals surface area contributed by atoms with E-state index in [-0.39, 0.29) is 23.4 Å². The summed E-state index contributed by atoms with van der Waals surface area (Å²) in [5, 5.41) is 3.10. The maximum absolute atomic E-state index is 14.1. The average Bonchev–Trinajstić information content (AvgIpc) is 3.49. The van der Waals surface area contributed by atoms with Gasteiger partial charge in [-0.25, -0.2) is 8.42 Å². The summed E-state index contributed by atoms with van der Waals surface area (Å²) >= 11 is 0. The van der Waals surface area contributed by atoms with Gasteiger partial charge in [-0.3, -0.25) is 13.9 Å². The smallest absolute Gasteiger partial charge is 0.264 e. The fourth-order valence-electron chi connectivity index (χ4n) is 5.07. The van der Waals surface area contributed by atoms with E-state index in [1.165, 1.54) is 17.0 Å². The van der Waals surface area contributed by atoms with Gasteiger partial charge in [0.15, 0.2) is 0 Å². The third kappa shape index (κ3) is 7.47. The molecule has 2 amide bonds. The van der Waals surface area contributed by atoms with Crippen LogP contribution in [0.1, 0.15) is 50.7 Å². The summed E-state index contributed by atoms with van der Waals surface area (Å²) in [6, 6.07) is 21.6. The van der Waals surface area contributed by atoms with Gasteiger partial charge < -0.3 is 15.0 Å². The molecule has 3 aromatic carbocycles. The molecule has 4 rings (SSSR count). The van der Waals surface area contributed by atoms with Crippen molar-refractivity contribution in [3.8, 4) is 5.75 Å². The van der Waals surface area contributed by atoms with E-state index in [1.54, 1.807) is 49.4 Å². The standard InChI is InChI=1S/C32H39N3O5S/c1-4-40-29-20-18-28(19-21-29)35(41(38,39)30-16-6-5-7-17-30)23-31(36)34(22-26-13-9-8-12-24(26)2)25(3)32(37)33-27-14-10-11-15-27/h5-9,12-13,16-21,25,27H,4,10-11,14-15,22-23H2,1-3H3,(H,33,37)/t25-/m1/s1. The maximum atomic E-state index is 14.1. The largest absolute Gasteiger partial charge is 0.494 e. The van der Waals surface area contributed by atoms with Crippen molar-refractivity contribution in [2.75, 3.05) is 17.5 Å². The van der Waals surface area contributed by atoms with Gasteiger partial charge in [0.25, 0.3) is 10.0 Å². The number of sulfonamides is 1. The molecule has 1 aliphatic carbocycles. The number of hydrogen-bond acceptors (Lipinski definition) is 5. The lowest BCUT2D eigenvalue weighted by molar-refractivity contribution is -0.139. The Hall–Kier alpha value is -3.85. The number of carbonyl (C=O) groups is 2. The predicted molar refractivity (Wildman–Crippen MR) is 160 cm³/mol. The van der Waals surface area contributed by atoms with Gasteiger partial charge in [-0.15, -0.1) is 0 Å². The molecule has 0 heterocycles. The highest BCUT2D eigenvalue weighted by molar-refractivity contribution is 7.92. The molecule has 9 heteroatoms. The van der Waals surface area contributed by atoms with Gasteiger partial charge >= 0.3 is 0 Å². The third-order valence-corrected chi connectivity index (χ3v) is 9.30. The van der Waals surface area contributed by atoms with Crippen LogP contribution in [-0.4, -0.2) is 50.4 Å². The van der Waals surface area contributed by atoms with Gasteiger partial charge in [-0.05, 0) is 81.1 Å². The zero-order valence-corrected chi connectivity index (χ0v) is 24.8. The SMILES string of the molecule is CCOc1ccc(N(CC(=O)N(Cc2ccccc2C)[C@H](C)C(=O)NC2CCCC2)S(=O)(=O)c2ccccc2)cc1. The van der Waals surface area contributed by atoms with Gasteiger partial charge in [0.2, 0.25) is 11.8 Å². The number of hydrogen-bond donors (Lipinski definition) is 1. The van der Waals surface area contributed by atoms with E-state index in [9.17, 15) is 18.0 Å². The van der Waals surface area contributed by atoms with Crippen LogP contribution in [0.5, 0.6) is 5.75 Å². The van der Waals surface area contributed by atoms with Gasteiger partial charge in [-0.2, -0.15) is 0 Å². The van der Waals surface area contributed by atoms with E-state index in [4.69, 9.17) is 4.74 Å². The van der Waals surface area contributed by atoms with Crippen LogP contribution in [0.25, 0.3) is 0 Å². The van der Waals surface area contributed by atoms with Crippen LogP contribution < -0.4 is 14.4 Å². The number of ether oxygens (including phenoxy) is 1. The monoisotopic (exact) mass is 577 g/mol. The first-order valence-corrected chi connectivity index (χ1v) is 15.6. The second-order valence-electron chi connectivity index (χ2n) is 10.4. The number of nitrogens with one attached hydrogen (secondary N) is 1. The Labute approximate surface area is 243 Å². The van der Waals surface area contributed by atoms with Crippen molar-refractivity contribution in [3.63, 3.8) is 0 Å². The summed E-state index contributed by atoms with van der Waals surface area (Å²) < 4.78 is 34.4. The fraction of sp³-hybridized carbons (Fsp3) is 0.375. The van der Waals surface area contributed by atoms with E-state index in [1.807, 2.05) is 38.1 Å². The number of carbonyl (C=O) groups excluding carboxylic acids is 2. The molecule has 3 aromatic rings. The van der Waals surface area contributed by atoms with E-state index >= 15 is 0 Å². The van der Waals surface area contributed by atoms with Gasteiger partial charge in [-0.1, -0.05) is 55.3 Å². The number of amides is 2. The second-order valence-corrected chi connectivity index (χ2v) is 12.2. The predicted octanol–water partition coefficient (Wildman–Crippen LogP) is 5.07. The molecule has 0 saturated heterocycles. The number of aryl methyl sites for hydroxylation is 1. The molecule has 0 bridgehead atoms. The molecule has 1 N–H and O–H groups in total. The molecule has 8 nitrogen and oxygen atoms in total. The molecule has 1 saturated carbocycles. The Kier molecular flexibility index (Phi) is 10.0. The van der Waals surface area contributed by atoms with Crippen molar-refractivity contribution in [2.45, 2.75) is 70.0 Å². The summed E-state index contributed by atoms with van der Waals surface area (Å²) in [7, 11) is -4.11. The highest BCUT2D eigenvalue weighted by Crippen LogP contribution is 2.27. The van der Waals surface area contributed by atoms with Gasteiger partial charge in [0.1, 0.15) is 18.3 Å². The lowest BCUT2D eigenvalue weighted by Crippen LogP contribution is -2.52. The lowest BCUT2D eigenvalue weighted by Gasteiger charge is -2.33. The highest BCUT2D eigenvalue weighted by Gasteiger charge is 2.33. The number of nitrogens with zero attached hydrogens (tertiary/aromatic N) is 2. The summed E-state index contributed by atoms with van der Waals surface area (Å²) in [4.78, 5) is 29.0. The van der Waals surface area contributed by atoms with Crippen LogP contribution in [0.2, 0.25) is 0 Å². The lowest BCUT2D eigenvalue weighted by atomic mass is 10.1. The first kappa shape index (κ1) is 30.1. The van der Waals surface area contributed by atoms with E-state index in [0.717, 1.165) is 41.1 Å². The normalized spacial score (nSPS) is 14.3. The number of rotatable bonds is 12. The van der Waals surface area contributed by atoms with E-state index in [2.05, 4.69) is 5.32 Å². The molecule has 0 radical (unpaired) electrons. The van der Waals surface area contributed by atoms with Crippen LogP contribution >= 0.6 is 0 Å². The van der Waals surface area contributed by atoms with Crippen molar-refractivity contribution in [1.82, 2.24) is 10.2 Å². The molecule has 0 aliphatic heterocycles. The summed E-state index contributed by atoms with van der Waals surface area (Å²) in [6.45, 7) is 5.69. The van der Waals surface area contributed by atoms with Crippen LogP contribution in [0.3, 0.4) is 0 Å². The Bertz CT molecular complexity index is 1420. The summed E-state index contributed by atoms with van der Waals surface area (Å²) in [6.07, 6.45) is 3.98. The van der Waals surface area contributed by atoms with Crippen LogP contribution in [0, 0.1) is 6.92 Å². The molecule has 41 heavy (non-hydrogen) atoms. The molecule has 1 fully saturated rings. The Morgan fingerprint density at radius 2 is 1.59 bits per heavy atom. The number of anilines is 1. The van der Waals surface area contributed by atoms with Crippen molar-refractivity contribution in [1.29, 1.82) is 0 Å². The number of benzene rings is 3. The highest BCUT2D eigenvalue weighted by atomic mass is 32.2. The minimum Gasteiger partial charge on any atom is -0.494 e. The molecule has 0 unspecified atom stereocenters. The van der Waals surface area contributed by atoms with Gasteiger partial charge in [0, 0.05) is 12.6 Å². The van der Waals surface area contributed by atoms with Crippen molar-refractivity contribution < 1.29 is 22.7 Å². The van der Waals surface area contributed by atoms with Crippen molar-refractivity contribution in [3.05, 3.63) is 90.0 Å². The molecule has 0 aromatic heterocycles. The molecule has 0 spiro atoms. The first-order chi connectivity index (χ1) is 19.7. The molecule has 1 aliphatic rings. The zero-order valence-electron chi connectivity index (χ0n) is 24.0. The van der Waals surface area contributed by atoms with Crippen LogP contribution in [0.15, 0.2) is 83.8 Å². The molecular weight excluding hydrogens is 538 g/mol. The molecular formula is C32H39N3O5S. The van der Waals surface area contributed by atoms with E-state index in [0.29, 0.717) is 18.0 Å². The van der Waals surface area contributed by atoms with Crippen LogP contribution in [0.4, 0.5) is 5.69 Å². The average molecular weight is 578 g/mol. The minimum atomic E-state index is -4.11. The summed E-state index contributed by atoms with van der Waals surface area (Å²) in [5.74, 6) is -0.119. The topological polar surface area (TPSA) is 96.0 Å². The van der Waals surface area contributed by atoms with Crippen LogP contribution in [-0.2, 0) is 26.2 Å². The zero-order chi connectivity index (χ0) is 29.4. The molecule has 218 valence electrons. The van der Waals surface area contributed by atoms with Gasteiger partial charge in [0.05, 0.1) is 17.2 Å². The second kappa shape index (κ2) is 13.7. The molecule has 1 atom stereocenters. The first-order valence-electron chi connectivity index (χ1n) is 14.2. The maximum Gasteiger partial charge on any atom is 0.264 e. The van der Waals surface area contributed by atoms with E-state index < -0.39 is 28.5 Å². The summed E-state index contributed by atoms with van der Waals surface area (Å²) in [5.41, 5.74) is 2.19. The Balaban J connectivity index is 1.68. The Morgan fingerprint density at radius 3 is 2.22 bits per heavy atom. The minimum absolute atomic E-state index is 0.0687. The Morgan fingerprint density at radius 1 is 0.951 bits per heavy atom. The third-order valence-electron chi connectivity index (χ3n) is 7.52. The van der Waals surface area contributed by atoms with Crippen molar-refractivity contribution >= 4 is 27.5 Å². The quantitative estimate of drug-likeness (QED) is 0.325. The fourth-order valence-corrected chi connectivity index (χ4v) is 6.50. The van der Waals surface area contributed by atoms with Crippen molar-refractivity contribution in [2.24, 2.45) is 0 Å².